The van der Waals surface area contributed by atoms with E-state index in [9.17, 15) is 4.39 Å². The predicted molar refractivity (Wildman–Crippen MR) is 109 cm³/mol. The summed E-state index contributed by atoms with van der Waals surface area (Å²) < 4.78 is 24.7. The first-order valence-electron chi connectivity index (χ1n) is 9.00. The molecule has 1 aromatic heterocycles. The molecule has 0 aliphatic rings. The van der Waals surface area contributed by atoms with Crippen molar-refractivity contribution in [1.82, 2.24) is 15.3 Å². The topological polar surface area (TPSA) is 68.3 Å². The maximum absolute atomic E-state index is 13.4. The summed E-state index contributed by atoms with van der Waals surface area (Å²) in [5, 5.41) is 7.23. The third-order valence-corrected chi connectivity index (χ3v) is 4.36. The van der Waals surface area contributed by atoms with Crippen LogP contribution in [0, 0.1) is 5.82 Å². The molecule has 0 aliphatic heterocycles. The van der Waals surface area contributed by atoms with Crippen LogP contribution in [0.4, 0.5) is 15.9 Å². The second-order valence-corrected chi connectivity index (χ2v) is 6.50. The van der Waals surface area contributed by atoms with E-state index < -0.39 is 5.82 Å². The molecule has 3 aromatic rings. The minimum Gasteiger partial charge on any atom is -0.493 e. The fraction of sp³-hybridized carbons (Fsp3) is 0.300. The molecule has 3 rings (SSSR count). The van der Waals surface area contributed by atoms with Crippen LogP contribution in [0.3, 0.4) is 0 Å². The van der Waals surface area contributed by atoms with E-state index >= 15 is 0 Å². The van der Waals surface area contributed by atoms with Gasteiger partial charge in [0.2, 0.25) is 0 Å². The van der Waals surface area contributed by atoms with E-state index in [1.54, 1.807) is 19.2 Å². The van der Waals surface area contributed by atoms with Crippen LogP contribution >= 0.6 is 11.6 Å². The largest absolute Gasteiger partial charge is 0.493 e. The molecule has 0 aliphatic carbocycles. The Hall–Kier alpha value is -2.64. The van der Waals surface area contributed by atoms with E-state index in [4.69, 9.17) is 21.1 Å². The number of halogens is 2. The quantitative estimate of drug-likeness (QED) is 0.510. The SMILES string of the molecule is CCCNCCOc1cc2c(Nc3ccc(F)c(Cl)c3)ncnc2cc1OC. The fourth-order valence-corrected chi connectivity index (χ4v) is 2.86. The number of ether oxygens (including phenoxy) is 2. The fourth-order valence-electron chi connectivity index (χ4n) is 2.68. The van der Waals surface area contributed by atoms with Crippen LogP contribution in [0.1, 0.15) is 13.3 Å². The van der Waals surface area contributed by atoms with Gasteiger partial charge in [0.25, 0.3) is 0 Å². The van der Waals surface area contributed by atoms with Crippen molar-refractivity contribution in [2.24, 2.45) is 0 Å². The number of hydrogen-bond donors (Lipinski definition) is 2. The van der Waals surface area contributed by atoms with Gasteiger partial charge in [-0.05, 0) is 37.2 Å². The third-order valence-electron chi connectivity index (χ3n) is 4.07. The van der Waals surface area contributed by atoms with Gasteiger partial charge in [0.05, 0.1) is 17.6 Å². The molecule has 2 N–H and O–H groups in total. The van der Waals surface area contributed by atoms with Gasteiger partial charge in [-0.25, -0.2) is 14.4 Å². The maximum Gasteiger partial charge on any atom is 0.162 e. The van der Waals surface area contributed by atoms with Crippen molar-refractivity contribution in [3.05, 3.63) is 47.5 Å². The zero-order valence-corrected chi connectivity index (χ0v) is 16.5. The molecule has 0 spiro atoms. The Morgan fingerprint density at radius 2 is 1.96 bits per heavy atom. The van der Waals surface area contributed by atoms with Gasteiger partial charge in [0.1, 0.15) is 24.6 Å². The molecule has 0 saturated carbocycles. The lowest BCUT2D eigenvalue weighted by atomic mass is 10.2. The van der Waals surface area contributed by atoms with Gasteiger partial charge in [0.15, 0.2) is 11.5 Å². The van der Waals surface area contributed by atoms with Crippen molar-refractivity contribution in [2.45, 2.75) is 13.3 Å². The number of fused-ring (bicyclic) bond motifs is 1. The highest BCUT2D eigenvalue weighted by Crippen LogP contribution is 2.35. The molecule has 148 valence electrons. The molecule has 6 nitrogen and oxygen atoms in total. The van der Waals surface area contributed by atoms with Crippen molar-refractivity contribution < 1.29 is 13.9 Å². The molecular formula is C20H22ClFN4O2. The Morgan fingerprint density at radius 3 is 2.71 bits per heavy atom. The Bertz CT molecular complexity index is 955. The third kappa shape index (κ3) is 4.79. The Kier molecular flexibility index (Phi) is 6.84. The van der Waals surface area contributed by atoms with Gasteiger partial charge in [-0.2, -0.15) is 0 Å². The second kappa shape index (κ2) is 9.52. The van der Waals surface area contributed by atoms with Crippen molar-refractivity contribution in [2.75, 3.05) is 32.1 Å². The van der Waals surface area contributed by atoms with Crippen LogP contribution in [0.5, 0.6) is 11.5 Å². The Morgan fingerprint density at radius 1 is 1.11 bits per heavy atom. The molecule has 0 bridgehead atoms. The lowest BCUT2D eigenvalue weighted by Gasteiger charge is -2.14. The highest BCUT2D eigenvalue weighted by atomic mass is 35.5. The number of hydrogen-bond acceptors (Lipinski definition) is 6. The lowest BCUT2D eigenvalue weighted by Crippen LogP contribution is -2.21. The summed E-state index contributed by atoms with van der Waals surface area (Å²) in [6.45, 7) is 4.30. The number of benzene rings is 2. The first kappa shape index (κ1) is 20.1. The normalized spacial score (nSPS) is 10.9. The zero-order chi connectivity index (χ0) is 19.9. The maximum atomic E-state index is 13.4. The van der Waals surface area contributed by atoms with Crippen molar-refractivity contribution in [3.8, 4) is 11.5 Å². The lowest BCUT2D eigenvalue weighted by molar-refractivity contribution is 0.293. The van der Waals surface area contributed by atoms with E-state index in [-0.39, 0.29) is 5.02 Å². The summed E-state index contributed by atoms with van der Waals surface area (Å²) in [5.74, 6) is 1.28. The predicted octanol–water partition coefficient (Wildman–Crippen LogP) is 4.55. The van der Waals surface area contributed by atoms with Gasteiger partial charge in [-0.1, -0.05) is 18.5 Å². The molecule has 0 fully saturated rings. The molecule has 0 atom stereocenters. The van der Waals surface area contributed by atoms with Crippen molar-refractivity contribution >= 4 is 34.0 Å². The van der Waals surface area contributed by atoms with Crippen LogP contribution in [0.2, 0.25) is 5.02 Å². The molecule has 0 amide bonds. The van der Waals surface area contributed by atoms with Gasteiger partial charge in [-0.15, -0.1) is 0 Å². The molecule has 0 saturated heterocycles. The van der Waals surface area contributed by atoms with Crippen LogP contribution in [0.15, 0.2) is 36.7 Å². The van der Waals surface area contributed by atoms with Gasteiger partial charge < -0.3 is 20.1 Å². The molecule has 28 heavy (non-hydrogen) atoms. The average molecular weight is 405 g/mol. The van der Waals surface area contributed by atoms with Gasteiger partial charge >= 0.3 is 0 Å². The van der Waals surface area contributed by atoms with Crippen LogP contribution in [0.25, 0.3) is 10.9 Å². The van der Waals surface area contributed by atoms with Crippen LogP contribution in [-0.2, 0) is 0 Å². The second-order valence-electron chi connectivity index (χ2n) is 6.09. The van der Waals surface area contributed by atoms with E-state index in [1.165, 1.54) is 18.5 Å². The first-order chi connectivity index (χ1) is 13.6. The summed E-state index contributed by atoms with van der Waals surface area (Å²) in [6, 6.07) is 8.03. The summed E-state index contributed by atoms with van der Waals surface area (Å²) >= 11 is 5.87. The summed E-state index contributed by atoms with van der Waals surface area (Å²) in [4.78, 5) is 8.60. The van der Waals surface area contributed by atoms with Gasteiger partial charge in [-0.3, -0.25) is 0 Å². The Labute approximate surface area is 168 Å². The first-order valence-corrected chi connectivity index (χ1v) is 9.38. The molecule has 8 heteroatoms. The number of rotatable bonds is 9. The molecular weight excluding hydrogens is 383 g/mol. The van der Waals surface area contributed by atoms with E-state index in [0.717, 1.165) is 24.9 Å². The van der Waals surface area contributed by atoms with Crippen molar-refractivity contribution in [1.29, 1.82) is 0 Å². The van der Waals surface area contributed by atoms with Gasteiger partial charge in [0, 0.05) is 23.7 Å². The van der Waals surface area contributed by atoms with E-state index in [0.29, 0.717) is 35.1 Å². The monoisotopic (exact) mass is 404 g/mol. The number of methoxy groups -OCH3 is 1. The smallest absolute Gasteiger partial charge is 0.162 e. The number of anilines is 2. The molecule has 1 heterocycles. The number of nitrogens with one attached hydrogen (secondary N) is 2. The van der Waals surface area contributed by atoms with Crippen molar-refractivity contribution in [3.63, 3.8) is 0 Å². The zero-order valence-electron chi connectivity index (χ0n) is 15.8. The summed E-state index contributed by atoms with van der Waals surface area (Å²) in [6.07, 6.45) is 2.52. The minimum absolute atomic E-state index is 0.0358. The number of aromatic nitrogens is 2. The standard InChI is InChI=1S/C20H22ClFN4O2/c1-3-6-23-7-8-28-19-10-14-17(11-18(19)27-2)24-12-25-20(14)26-13-4-5-16(22)15(21)9-13/h4-5,9-12,23H,3,6-8H2,1-2H3,(H,24,25,26). The molecule has 0 radical (unpaired) electrons. The highest BCUT2D eigenvalue weighted by molar-refractivity contribution is 6.31. The van der Waals surface area contributed by atoms with E-state index in [2.05, 4.69) is 27.5 Å². The summed E-state index contributed by atoms with van der Waals surface area (Å²) in [7, 11) is 1.59. The molecule has 0 unspecified atom stereocenters. The average Bonchev–Trinajstić information content (AvgIpc) is 2.70. The van der Waals surface area contributed by atoms with Crippen LogP contribution in [-0.4, -0.2) is 36.8 Å². The minimum atomic E-state index is -0.475. The summed E-state index contributed by atoms with van der Waals surface area (Å²) in [5.41, 5.74) is 1.31. The highest BCUT2D eigenvalue weighted by Gasteiger charge is 2.12. The van der Waals surface area contributed by atoms with Crippen LogP contribution < -0.4 is 20.1 Å². The number of nitrogens with zero attached hydrogens (tertiary/aromatic N) is 2. The van der Waals surface area contributed by atoms with E-state index in [1.807, 2.05) is 6.07 Å². The molecule has 2 aromatic carbocycles. The Balaban J connectivity index is 1.88.